The predicted molar refractivity (Wildman–Crippen MR) is 122 cm³/mol. The fraction of sp³-hybridized carbons (Fsp3) is 0.565. The van der Waals surface area contributed by atoms with Crippen LogP contribution in [0.1, 0.15) is 64.3 Å². The summed E-state index contributed by atoms with van der Waals surface area (Å²) in [7, 11) is -2.02. The molecule has 3 aliphatic carbocycles. The third kappa shape index (κ3) is 3.38. The molecule has 10 heteroatoms. The molecule has 2 aromatic rings. The average molecular weight is 472 g/mol. The smallest absolute Gasteiger partial charge is 0.277 e. The lowest BCUT2D eigenvalue weighted by Crippen LogP contribution is -2.28. The van der Waals surface area contributed by atoms with Crippen LogP contribution in [0, 0.1) is 10.2 Å². The zero-order chi connectivity index (χ0) is 23.0. The van der Waals surface area contributed by atoms with Crippen molar-refractivity contribution in [2.45, 2.75) is 62.3 Å². The molecule has 1 saturated carbocycles. The highest BCUT2D eigenvalue weighted by Crippen LogP contribution is 2.51. The van der Waals surface area contributed by atoms with Gasteiger partial charge < -0.3 is 14.8 Å². The van der Waals surface area contributed by atoms with Gasteiger partial charge in [-0.15, -0.1) is 0 Å². The Bertz CT molecular complexity index is 1280. The molecule has 1 aromatic carbocycles. The van der Waals surface area contributed by atoms with Crippen molar-refractivity contribution in [1.29, 1.82) is 4.78 Å². The number of amides is 1. The van der Waals surface area contributed by atoms with Crippen molar-refractivity contribution in [1.82, 2.24) is 9.78 Å². The minimum atomic E-state index is -3.72. The van der Waals surface area contributed by atoms with Crippen molar-refractivity contribution in [3.05, 3.63) is 34.0 Å². The molecule has 1 aliphatic heterocycles. The van der Waals surface area contributed by atoms with Crippen molar-refractivity contribution >= 4 is 21.5 Å². The number of nitrogens with two attached hydrogens (primary N) is 1. The molecule has 0 saturated heterocycles. The Labute approximate surface area is 193 Å². The highest BCUT2D eigenvalue weighted by Gasteiger charge is 2.49. The molecular formula is C23H29N5O4S. The van der Waals surface area contributed by atoms with Crippen LogP contribution in [0.15, 0.2) is 11.0 Å². The van der Waals surface area contributed by atoms with Gasteiger partial charge in [0.05, 0.1) is 19.8 Å². The van der Waals surface area contributed by atoms with Crippen LogP contribution in [0.4, 0.5) is 5.69 Å². The number of hydrogen-bond donors (Lipinski definition) is 3. The first-order chi connectivity index (χ1) is 15.8. The number of carbonyl (C=O) groups excluding carboxylic acids is 1. The van der Waals surface area contributed by atoms with Crippen LogP contribution in [0.3, 0.4) is 0 Å². The number of nitrogens with zero attached hydrogens (tertiary/aromatic N) is 2. The van der Waals surface area contributed by atoms with Crippen LogP contribution >= 0.6 is 0 Å². The molecule has 1 aromatic heterocycles. The number of nitrogens with one attached hydrogen (secondary N) is 2. The van der Waals surface area contributed by atoms with E-state index in [-0.39, 0.29) is 27.8 Å². The molecular weight excluding hydrogens is 442 g/mol. The van der Waals surface area contributed by atoms with E-state index < -0.39 is 15.8 Å². The summed E-state index contributed by atoms with van der Waals surface area (Å²) in [5, 5.41) is 13.3. The summed E-state index contributed by atoms with van der Waals surface area (Å²) in [5.74, 6) is -0.0777. The summed E-state index contributed by atoms with van der Waals surface area (Å²) >= 11 is 0. The first-order valence-corrected chi connectivity index (χ1v) is 13.2. The highest BCUT2D eigenvalue weighted by molar-refractivity contribution is 7.90. The van der Waals surface area contributed by atoms with Gasteiger partial charge in [0.25, 0.3) is 5.91 Å². The van der Waals surface area contributed by atoms with Gasteiger partial charge in [0, 0.05) is 24.1 Å². The zero-order valence-corrected chi connectivity index (χ0v) is 19.6. The van der Waals surface area contributed by atoms with Gasteiger partial charge in [0.1, 0.15) is 9.92 Å². The van der Waals surface area contributed by atoms with E-state index >= 15 is 0 Å². The van der Waals surface area contributed by atoms with Gasteiger partial charge in [0.15, 0.2) is 10.6 Å². The van der Waals surface area contributed by atoms with E-state index in [4.69, 9.17) is 19.4 Å². The second-order valence-electron chi connectivity index (χ2n) is 9.99. The lowest BCUT2D eigenvalue weighted by molar-refractivity contribution is 0.101. The number of ether oxygens (including phenoxy) is 2. The van der Waals surface area contributed by atoms with Crippen molar-refractivity contribution in [2.75, 3.05) is 25.6 Å². The van der Waals surface area contributed by atoms with Crippen LogP contribution in [0.2, 0.25) is 0 Å². The minimum Gasteiger partial charge on any atom is -0.476 e. The quantitative estimate of drug-likeness (QED) is 0.617. The SMILES string of the molecule is COC[C@H]1CCc2cc3c(c(NC(=O)c4nn5c(c4S(=N)(N)=O)OCC4(CC4)C5)c21)CCC3. The van der Waals surface area contributed by atoms with Gasteiger partial charge >= 0.3 is 0 Å². The van der Waals surface area contributed by atoms with E-state index in [1.165, 1.54) is 16.7 Å². The number of anilines is 1. The standard InChI is InChI=1S/C23H29N5O4S/c1-31-10-15-6-5-14-9-13-3-2-4-16(13)18(17(14)15)26-21(29)19-20(33(24,25)30)22-28(27-19)11-23(7-8-23)12-32-22/h9,15H,2-8,10-12H2,1H3,(H,26,29)(H3,24,25,30)/t15-/m1/s1. The minimum absolute atomic E-state index is 0.0377. The van der Waals surface area contributed by atoms with Crippen molar-refractivity contribution in [3.8, 4) is 5.88 Å². The first kappa shape index (κ1) is 21.1. The highest BCUT2D eigenvalue weighted by atomic mass is 32.2. The predicted octanol–water partition coefficient (Wildman–Crippen LogP) is 2.75. The summed E-state index contributed by atoms with van der Waals surface area (Å²) in [6, 6.07) is 2.29. The summed E-state index contributed by atoms with van der Waals surface area (Å²) in [6.45, 7) is 1.66. The average Bonchev–Trinajstić information content (AvgIpc) is 3.13. The fourth-order valence-corrected chi connectivity index (χ4v) is 6.66. The van der Waals surface area contributed by atoms with Crippen molar-refractivity contribution < 1.29 is 18.5 Å². The van der Waals surface area contributed by atoms with Gasteiger partial charge in [-0.3, -0.25) is 4.79 Å². The van der Waals surface area contributed by atoms with Gasteiger partial charge in [-0.25, -0.2) is 18.8 Å². The van der Waals surface area contributed by atoms with E-state index in [1.807, 2.05) is 0 Å². The maximum Gasteiger partial charge on any atom is 0.277 e. The Hall–Kier alpha value is -2.43. The summed E-state index contributed by atoms with van der Waals surface area (Å²) in [6.07, 6.45) is 6.97. The number of fused-ring (bicyclic) bond motifs is 3. The number of aromatic nitrogens is 2. The van der Waals surface area contributed by atoms with E-state index in [9.17, 15) is 9.00 Å². The number of aryl methyl sites for hydroxylation is 2. The second-order valence-corrected chi connectivity index (χ2v) is 11.6. The third-order valence-corrected chi connectivity index (χ3v) is 8.62. The number of methoxy groups -OCH3 is 1. The lowest BCUT2D eigenvalue weighted by Gasteiger charge is -2.23. The largest absolute Gasteiger partial charge is 0.476 e. The van der Waals surface area contributed by atoms with Crippen LogP contribution in [0.25, 0.3) is 0 Å². The fourth-order valence-electron chi connectivity index (χ4n) is 5.82. The summed E-state index contributed by atoms with van der Waals surface area (Å²) in [5.41, 5.74) is 5.67. The van der Waals surface area contributed by atoms with Gasteiger partial charge in [-0.1, -0.05) is 6.07 Å². The number of hydrogen-bond acceptors (Lipinski definition) is 6. The molecule has 176 valence electrons. The topological polar surface area (TPSA) is 132 Å². The molecule has 33 heavy (non-hydrogen) atoms. The molecule has 2 atom stereocenters. The van der Waals surface area contributed by atoms with Gasteiger partial charge in [-0.2, -0.15) is 5.10 Å². The molecule has 1 fully saturated rings. The molecule has 0 bridgehead atoms. The maximum absolute atomic E-state index is 13.6. The molecule has 2 heterocycles. The second kappa shape index (κ2) is 7.28. The molecule has 6 rings (SSSR count). The number of benzene rings is 1. The van der Waals surface area contributed by atoms with Crippen LogP contribution in [0.5, 0.6) is 5.88 Å². The van der Waals surface area contributed by atoms with Gasteiger partial charge in [-0.05, 0) is 67.2 Å². The van der Waals surface area contributed by atoms with Crippen molar-refractivity contribution in [3.63, 3.8) is 0 Å². The Kier molecular flexibility index (Phi) is 4.66. The zero-order valence-electron chi connectivity index (χ0n) is 18.7. The lowest BCUT2D eigenvalue weighted by atomic mass is 9.94. The molecule has 4 N–H and O–H groups in total. The Morgan fingerprint density at radius 3 is 2.94 bits per heavy atom. The van der Waals surface area contributed by atoms with Crippen LogP contribution in [-0.4, -0.2) is 40.2 Å². The Morgan fingerprint density at radius 1 is 1.39 bits per heavy atom. The molecule has 1 spiro atoms. The summed E-state index contributed by atoms with van der Waals surface area (Å²) in [4.78, 5) is 13.5. The van der Waals surface area contributed by atoms with E-state index in [1.54, 1.807) is 11.8 Å². The molecule has 1 unspecified atom stereocenters. The summed E-state index contributed by atoms with van der Waals surface area (Å²) < 4.78 is 33.7. The van der Waals surface area contributed by atoms with Gasteiger partial charge in [0.2, 0.25) is 5.88 Å². The Balaban J connectivity index is 1.43. The van der Waals surface area contributed by atoms with Crippen molar-refractivity contribution in [2.24, 2.45) is 10.6 Å². The monoisotopic (exact) mass is 471 g/mol. The van der Waals surface area contributed by atoms with Crippen LogP contribution < -0.4 is 15.2 Å². The Morgan fingerprint density at radius 2 is 2.21 bits per heavy atom. The number of rotatable bonds is 5. The molecule has 0 radical (unpaired) electrons. The van der Waals surface area contributed by atoms with E-state index in [0.29, 0.717) is 19.8 Å². The number of carbonyl (C=O) groups is 1. The first-order valence-electron chi connectivity index (χ1n) is 11.6. The van der Waals surface area contributed by atoms with E-state index in [0.717, 1.165) is 56.2 Å². The maximum atomic E-state index is 13.6. The normalized spacial score (nSPS) is 23.4. The molecule has 9 nitrogen and oxygen atoms in total. The van der Waals surface area contributed by atoms with Crippen LogP contribution in [-0.2, 0) is 40.5 Å². The molecule has 4 aliphatic rings. The third-order valence-electron chi connectivity index (χ3n) is 7.64. The molecule has 1 amide bonds. The van der Waals surface area contributed by atoms with E-state index in [2.05, 4.69) is 16.5 Å².